The number of rotatable bonds is 9. The van der Waals surface area contributed by atoms with E-state index in [1.165, 1.54) is 4.90 Å². The predicted molar refractivity (Wildman–Crippen MR) is 85.0 cm³/mol. The molecule has 0 spiro atoms. The fourth-order valence-electron chi connectivity index (χ4n) is 2.03. The number of hydrogen-bond donors (Lipinski definition) is 1. The van der Waals surface area contributed by atoms with Crippen LogP contribution in [0.5, 0.6) is 5.75 Å². The second-order valence-electron chi connectivity index (χ2n) is 5.62. The Hall–Kier alpha value is -2.04. The van der Waals surface area contributed by atoms with E-state index < -0.39 is 5.97 Å². The second-order valence-corrected chi connectivity index (χ2v) is 5.62. The highest BCUT2D eigenvalue weighted by Gasteiger charge is 2.10. The molecule has 0 heterocycles. The molecule has 0 fully saturated rings. The van der Waals surface area contributed by atoms with Crippen molar-refractivity contribution in [2.24, 2.45) is 0 Å². The Morgan fingerprint density at radius 1 is 1.18 bits per heavy atom. The van der Waals surface area contributed by atoms with Crippen LogP contribution in [-0.2, 0) is 16.0 Å². The van der Waals surface area contributed by atoms with Gasteiger partial charge in [0.1, 0.15) is 5.75 Å². The Labute approximate surface area is 131 Å². The standard InChI is InChI=1S/C17H25NO4/c1-13(2)22-15-9-7-14(8-10-15)5-4-6-16(19)18(3)12-11-17(20)21/h7-10,13H,4-6,11-12H2,1-3H3,(H,20,21). The number of hydrogen-bond acceptors (Lipinski definition) is 3. The molecule has 1 rings (SSSR count). The van der Waals surface area contributed by atoms with E-state index in [4.69, 9.17) is 9.84 Å². The van der Waals surface area contributed by atoms with Crippen LogP contribution in [-0.4, -0.2) is 41.6 Å². The summed E-state index contributed by atoms with van der Waals surface area (Å²) in [5, 5.41) is 8.60. The van der Waals surface area contributed by atoms with E-state index in [1.54, 1.807) is 7.05 Å². The van der Waals surface area contributed by atoms with Gasteiger partial charge in [-0.05, 0) is 44.4 Å². The molecule has 0 radical (unpaired) electrons. The van der Waals surface area contributed by atoms with Gasteiger partial charge in [-0.25, -0.2) is 0 Å². The molecular formula is C17H25NO4. The van der Waals surface area contributed by atoms with Gasteiger partial charge in [0.2, 0.25) is 5.91 Å². The third kappa shape index (κ3) is 7.11. The predicted octanol–water partition coefficient (Wildman–Crippen LogP) is 2.73. The van der Waals surface area contributed by atoms with Crippen LogP contribution in [0.4, 0.5) is 0 Å². The SMILES string of the molecule is CC(C)Oc1ccc(CCCC(=O)N(C)CCC(=O)O)cc1. The van der Waals surface area contributed by atoms with Crippen molar-refractivity contribution in [3.63, 3.8) is 0 Å². The van der Waals surface area contributed by atoms with Gasteiger partial charge in [-0.15, -0.1) is 0 Å². The zero-order valence-electron chi connectivity index (χ0n) is 13.5. The van der Waals surface area contributed by atoms with Crippen LogP contribution in [0.2, 0.25) is 0 Å². The Balaban J connectivity index is 2.31. The summed E-state index contributed by atoms with van der Waals surface area (Å²) in [4.78, 5) is 23.8. The smallest absolute Gasteiger partial charge is 0.305 e. The summed E-state index contributed by atoms with van der Waals surface area (Å²) < 4.78 is 5.58. The molecular weight excluding hydrogens is 282 g/mol. The Bertz CT molecular complexity index is 482. The highest BCUT2D eigenvalue weighted by Crippen LogP contribution is 2.15. The lowest BCUT2D eigenvalue weighted by Crippen LogP contribution is -2.28. The zero-order chi connectivity index (χ0) is 16.5. The van der Waals surface area contributed by atoms with E-state index in [2.05, 4.69) is 0 Å². The summed E-state index contributed by atoms with van der Waals surface area (Å²) in [6, 6.07) is 7.90. The van der Waals surface area contributed by atoms with E-state index in [0.29, 0.717) is 6.42 Å². The van der Waals surface area contributed by atoms with Crippen molar-refractivity contribution < 1.29 is 19.4 Å². The lowest BCUT2D eigenvalue weighted by molar-refractivity contribution is -0.138. The summed E-state index contributed by atoms with van der Waals surface area (Å²) >= 11 is 0. The third-order valence-electron chi connectivity index (χ3n) is 3.24. The molecule has 0 aliphatic heterocycles. The fourth-order valence-corrected chi connectivity index (χ4v) is 2.03. The van der Waals surface area contributed by atoms with Crippen LogP contribution in [0.1, 0.15) is 38.7 Å². The molecule has 0 aromatic heterocycles. The molecule has 0 bridgehead atoms. The summed E-state index contributed by atoms with van der Waals surface area (Å²) in [6.45, 7) is 4.23. The Morgan fingerprint density at radius 3 is 2.36 bits per heavy atom. The van der Waals surface area contributed by atoms with Crippen molar-refractivity contribution in [2.75, 3.05) is 13.6 Å². The number of amides is 1. The average molecular weight is 307 g/mol. The van der Waals surface area contributed by atoms with Crippen molar-refractivity contribution in [3.05, 3.63) is 29.8 Å². The highest BCUT2D eigenvalue weighted by atomic mass is 16.5. The van der Waals surface area contributed by atoms with Crippen molar-refractivity contribution in [1.29, 1.82) is 0 Å². The largest absolute Gasteiger partial charge is 0.491 e. The van der Waals surface area contributed by atoms with Gasteiger partial charge in [-0.2, -0.15) is 0 Å². The van der Waals surface area contributed by atoms with Gasteiger partial charge in [0.05, 0.1) is 12.5 Å². The van der Waals surface area contributed by atoms with Gasteiger partial charge in [0.25, 0.3) is 0 Å². The van der Waals surface area contributed by atoms with Gasteiger partial charge < -0.3 is 14.7 Å². The first-order chi connectivity index (χ1) is 10.4. The minimum absolute atomic E-state index is 0.0130. The molecule has 0 saturated heterocycles. The summed E-state index contributed by atoms with van der Waals surface area (Å²) in [5.41, 5.74) is 1.16. The third-order valence-corrected chi connectivity index (χ3v) is 3.24. The molecule has 1 amide bonds. The van der Waals surface area contributed by atoms with Crippen LogP contribution < -0.4 is 4.74 Å². The molecule has 0 aliphatic carbocycles. The lowest BCUT2D eigenvalue weighted by Gasteiger charge is -2.15. The fraction of sp³-hybridized carbons (Fsp3) is 0.529. The summed E-state index contributed by atoms with van der Waals surface area (Å²) in [7, 11) is 1.64. The number of carbonyl (C=O) groups is 2. The number of aliphatic carboxylic acids is 1. The molecule has 1 aromatic rings. The number of benzene rings is 1. The van der Waals surface area contributed by atoms with Crippen molar-refractivity contribution in [3.8, 4) is 5.75 Å². The molecule has 5 heteroatoms. The first-order valence-electron chi connectivity index (χ1n) is 7.60. The van der Waals surface area contributed by atoms with Gasteiger partial charge in [-0.3, -0.25) is 9.59 Å². The zero-order valence-corrected chi connectivity index (χ0v) is 13.5. The van der Waals surface area contributed by atoms with Gasteiger partial charge >= 0.3 is 5.97 Å². The van der Waals surface area contributed by atoms with Crippen LogP contribution in [0, 0.1) is 0 Å². The highest BCUT2D eigenvalue weighted by molar-refractivity contribution is 5.76. The normalized spacial score (nSPS) is 10.5. The second kappa shape index (κ2) is 9.07. The summed E-state index contributed by atoms with van der Waals surface area (Å²) in [5.74, 6) is -0.0485. The van der Waals surface area contributed by atoms with Gasteiger partial charge in [0, 0.05) is 20.0 Å². The molecule has 5 nitrogen and oxygen atoms in total. The summed E-state index contributed by atoms with van der Waals surface area (Å²) in [6.07, 6.45) is 2.14. The number of ether oxygens (including phenoxy) is 1. The maximum atomic E-state index is 11.8. The van der Waals surface area contributed by atoms with E-state index in [1.807, 2.05) is 38.1 Å². The number of carbonyl (C=O) groups excluding carboxylic acids is 1. The molecule has 22 heavy (non-hydrogen) atoms. The number of aryl methyl sites for hydroxylation is 1. The average Bonchev–Trinajstić information content (AvgIpc) is 2.45. The minimum Gasteiger partial charge on any atom is -0.491 e. The molecule has 122 valence electrons. The molecule has 0 saturated carbocycles. The van der Waals surface area contributed by atoms with E-state index in [0.717, 1.165) is 24.2 Å². The molecule has 0 unspecified atom stereocenters. The molecule has 1 aromatic carbocycles. The number of carboxylic acids is 1. The van der Waals surface area contributed by atoms with E-state index in [9.17, 15) is 9.59 Å². The Morgan fingerprint density at radius 2 is 1.82 bits per heavy atom. The molecule has 0 aliphatic rings. The Kier molecular flexibility index (Phi) is 7.43. The molecule has 1 N–H and O–H groups in total. The van der Waals surface area contributed by atoms with Crippen molar-refractivity contribution in [2.45, 2.75) is 45.6 Å². The first-order valence-corrected chi connectivity index (χ1v) is 7.60. The van der Waals surface area contributed by atoms with Gasteiger partial charge in [0.15, 0.2) is 0 Å². The first kappa shape index (κ1) is 18.0. The topological polar surface area (TPSA) is 66.8 Å². The van der Waals surface area contributed by atoms with E-state index in [-0.39, 0.29) is 25.0 Å². The van der Waals surface area contributed by atoms with Crippen molar-refractivity contribution >= 4 is 11.9 Å². The van der Waals surface area contributed by atoms with Crippen molar-refractivity contribution in [1.82, 2.24) is 4.90 Å². The van der Waals surface area contributed by atoms with Gasteiger partial charge in [-0.1, -0.05) is 12.1 Å². The van der Waals surface area contributed by atoms with Crippen LogP contribution in [0.25, 0.3) is 0 Å². The monoisotopic (exact) mass is 307 g/mol. The quantitative estimate of drug-likeness (QED) is 0.762. The molecule has 0 atom stereocenters. The van der Waals surface area contributed by atoms with Crippen LogP contribution in [0.3, 0.4) is 0 Å². The number of nitrogens with zero attached hydrogens (tertiary/aromatic N) is 1. The van der Waals surface area contributed by atoms with Crippen LogP contribution in [0.15, 0.2) is 24.3 Å². The number of carboxylic acid groups (broad SMARTS) is 1. The van der Waals surface area contributed by atoms with Crippen LogP contribution >= 0.6 is 0 Å². The van der Waals surface area contributed by atoms with E-state index >= 15 is 0 Å². The maximum absolute atomic E-state index is 11.8. The minimum atomic E-state index is -0.886. The maximum Gasteiger partial charge on any atom is 0.305 e. The lowest BCUT2D eigenvalue weighted by atomic mass is 10.1.